The molecule has 1 saturated carbocycles. The van der Waals surface area contributed by atoms with Crippen LogP contribution in [-0.4, -0.2) is 70.2 Å². The van der Waals surface area contributed by atoms with Crippen molar-refractivity contribution in [2.45, 2.75) is 44.6 Å². The van der Waals surface area contributed by atoms with E-state index in [1.165, 1.54) is 0 Å². The van der Waals surface area contributed by atoms with Crippen molar-refractivity contribution in [1.29, 1.82) is 0 Å². The van der Waals surface area contributed by atoms with Gasteiger partial charge in [-0.05, 0) is 43.5 Å². The van der Waals surface area contributed by atoms with Crippen LogP contribution in [0.4, 0.5) is 10.5 Å². The summed E-state index contributed by atoms with van der Waals surface area (Å²) in [6, 6.07) is 4.68. The summed E-state index contributed by atoms with van der Waals surface area (Å²) in [4.78, 5) is 53.3. The Morgan fingerprint density at radius 1 is 1.13 bits per heavy atom. The lowest BCUT2D eigenvalue weighted by Crippen LogP contribution is -2.48. The van der Waals surface area contributed by atoms with E-state index >= 15 is 0 Å². The molecule has 8 nitrogen and oxygen atoms in total. The van der Waals surface area contributed by atoms with Gasteiger partial charge in [0.15, 0.2) is 0 Å². The Kier molecular flexibility index (Phi) is 6.22. The molecule has 166 valence electrons. The topological polar surface area (TPSA) is 98.8 Å². The zero-order valence-corrected chi connectivity index (χ0v) is 18.6. The smallest absolute Gasteiger partial charge is 0.325 e. The molecule has 2 heterocycles. The highest BCUT2D eigenvalue weighted by Crippen LogP contribution is 2.33. The standard InChI is InChI=1S/C22H28N4O4S/c1-15-13-16(19(28)25-9-11-31-12-10-25)5-6-17(15)23-18(27)14-26-20(29)22(24-21(26)30)7-3-2-4-8-22/h5-6,13H,2-4,7-12,14H2,1H3,(H,23,27)(H,24,30). The second kappa shape index (κ2) is 8.90. The van der Waals surface area contributed by atoms with Gasteiger partial charge in [-0.15, -0.1) is 0 Å². The van der Waals surface area contributed by atoms with Crippen molar-refractivity contribution < 1.29 is 19.2 Å². The van der Waals surface area contributed by atoms with E-state index in [1.54, 1.807) is 18.2 Å². The number of imide groups is 1. The summed E-state index contributed by atoms with van der Waals surface area (Å²) in [7, 11) is 0. The predicted molar refractivity (Wildman–Crippen MR) is 119 cm³/mol. The van der Waals surface area contributed by atoms with Gasteiger partial charge in [0.2, 0.25) is 5.91 Å². The average molecular weight is 445 g/mol. The summed E-state index contributed by atoms with van der Waals surface area (Å²) < 4.78 is 0. The number of anilines is 1. The van der Waals surface area contributed by atoms with Crippen molar-refractivity contribution in [3.8, 4) is 0 Å². The molecule has 2 N–H and O–H groups in total. The van der Waals surface area contributed by atoms with E-state index in [-0.39, 0.29) is 18.4 Å². The van der Waals surface area contributed by atoms with E-state index in [0.717, 1.165) is 54.3 Å². The van der Waals surface area contributed by atoms with Crippen LogP contribution in [0.3, 0.4) is 0 Å². The number of nitrogens with zero attached hydrogens (tertiary/aromatic N) is 2. The van der Waals surface area contributed by atoms with Gasteiger partial charge >= 0.3 is 6.03 Å². The zero-order chi connectivity index (χ0) is 22.0. The van der Waals surface area contributed by atoms with Gasteiger partial charge in [0, 0.05) is 35.8 Å². The van der Waals surface area contributed by atoms with E-state index in [0.29, 0.717) is 24.1 Å². The van der Waals surface area contributed by atoms with E-state index < -0.39 is 17.5 Å². The minimum atomic E-state index is -0.833. The SMILES string of the molecule is Cc1cc(C(=O)N2CCSCC2)ccc1NC(=O)CN1C(=O)NC2(CCCCC2)C1=O. The van der Waals surface area contributed by atoms with Gasteiger partial charge in [0.05, 0.1) is 0 Å². The fourth-order valence-corrected chi connectivity index (χ4v) is 5.44. The Labute approximate surface area is 186 Å². The first kappa shape index (κ1) is 21.7. The van der Waals surface area contributed by atoms with Gasteiger partial charge in [-0.1, -0.05) is 19.3 Å². The monoisotopic (exact) mass is 444 g/mol. The van der Waals surface area contributed by atoms with Crippen molar-refractivity contribution in [3.63, 3.8) is 0 Å². The lowest BCUT2D eigenvalue weighted by molar-refractivity contribution is -0.134. The van der Waals surface area contributed by atoms with E-state index in [4.69, 9.17) is 0 Å². The summed E-state index contributed by atoms with van der Waals surface area (Å²) in [6.07, 6.45) is 4.10. The van der Waals surface area contributed by atoms with Crippen LogP contribution in [0.1, 0.15) is 48.0 Å². The highest BCUT2D eigenvalue weighted by Gasteiger charge is 2.51. The second-order valence-electron chi connectivity index (χ2n) is 8.45. The lowest BCUT2D eigenvalue weighted by Gasteiger charge is -2.30. The molecule has 9 heteroatoms. The summed E-state index contributed by atoms with van der Waals surface area (Å²) in [6.45, 7) is 2.99. The first-order valence-electron chi connectivity index (χ1n) is 10.8. The summed E-state index contributed by atoms with van der Waals surface area (Å²) in [5, 5.41) is 5.59. The number of benzene rings is 1. The molecule has 4 rings (SSSR count). The molecule has 1 aliphatic carbocycles. The van der Waals surface area contributed by atoms with Crippen molar-refractivity contribution in [3.05, 3.63) is 29.3 Å². The highest BCUT2D eigenvalue weighted by atomic mass is 32.2. The van der Waals surface area contributed by atoms with Crippen LogP contribution in [0.5, 0.6) is 0 Å². The molecule has 0 radical (unpaired) electrons. The maximum atomic E-state index is 12.8. The normalized spacial score (nSPS) is 20.7. The largest absolute Gasteiger partial charge is 0.337 e. The minimum absolute atomic E-state index is 0.00149. The van der Waals surface area contributed by atoms with Gasteiger partial charge in [-0.25, -0.2) is 4.79 Å². The minimum Gasteiger partial charge on any atom is -0.337 e. The van der Waals surface area contributed by atoms with Gasteiger partial charge in [0.1, 0.15) is 12.1 Å². The molecule has 0 atom stereocenters. The molecule has 0 bridgehead atoms. The number of amides is 5. The number of hydrogen-bond acceptors (Lipinski definition) is 5. The first-order chi connectivity index (χ1) is 14.9. The molecule has 0 aromatic heterocycles. The molecule has 1 aromatic carbocycles. The Balaban J connectivity index is 1.39. The van der Waals surface area contributed by atoms with Crippen molar-refractivity contribution in [2.24, 2.45) is 0 Å². The Morgan fingerprint density at radius 3 is 2.52 bits per heavy atom. The molecule has 3 aliphatic rings. The van der Waals surface area contributed by atoms with Crippen molar-refractivity contribution >= 4 is 41.2 Å². The van der Waals surface area contributed by atoms with Crippen LogP contribution in [-0.2, 0) is 9.59 Å². The van der Waals surface area contributed by atoms with Gasteiger partial charge in [0.25, 0.3) is 11.8 Å². The van der Waals surface area contributed by atoms with Crippen molar-refractivity contribution in [1.82, 2.24) is 15.1 Å². The molecule has 1 spiro atoms. The van der Waals surface area contributed by atoms with Crippen LogP contribution in [0.25, 0.3) is 0 Å². The van der Waals surface area contributed by atoms with Crippen molar-refractivity contribution in [2.75, 3.05) is 36.5 Å². The van der Waals surface area contributed by atoms with E-state index in [1.807, 2.05) is 23.6 Å². The van der Waals surface area contributed by atoms with Crippen LogP contribution >= 0.6 is 11.8 Å². The lowest BCUT2D eigenvalue weighted by atomic mass is 9.82. The third kappa shape index (κ3) is 4.42. The number of carbonyl (C=O) groups excluding carboxylic acids is 4. The summed E-state index contributed by atoms with van der Waals surface area (Å²) in [5.74, 6) is 1.15. The quantitative estimate of drug-likeness (QED) is 0.695. The summed E-state index contributed by atoms with van der Waals surface area (Å²) >= 11 is 1.85. The van der Waals surface area contributed by atoms with Crippen LogP contribution in [0, 0.1) is 6.92 Å². The molecular formula is C22H28N4O4S. The molecule has 5 amide bonds. The molecule has 0 unspecified atom stereocenters. The number of aryl methyl sites for hydroxylation is 1. The zero-order valence-electron chi connectivity index (χ0n) is 17.7. The number of rotatable bonds is 4. The number of nitrogens with one attached hydrogen (secondary N) is 2. The Bertz CT molecular complexity index is 907. The van der Waals surface area contributed by atoms with E-state index in [9.17, 15) is 19.2 Å². The third-order valence-corrected chi connectivity index (χ3v) is 7.24. The highest BCUT2D eigenvalue weighted by molar-refractivity contribution is 7.99. The first-order valence-corrected chi connectivity index (χ1v) is 12.0. The van der Waals surface area contributed by atoms with Gasteiger partial charge < -0.3 is 15.5 Å². The van der Waals surface area contributed by atoms with Gasteiger partial charge in [-0.2, -0.15) is 11.8 Å². The number of urea groups is 1. The number of thioether (sulfide) groups is 1. The third-order valence-electron chi connectivity index (χ3n) is 6.30. The van der Waals surface area contributed by atoms with Crippen LogP contribution in [0.15, 0.2) is 18.2 Å². The fourth-order valence-electron chi connectivity index (χ4n) is 4.53. The second-order valence-corrected chi connectivity index (χ2v) is 9.67. The van der Waals surface area contributed by atoms with Crippen LogP contribution < -0.4 is 10.6 Å². The molecule has 3 fully saturated rings. The molecule has 2 aliphatic heterocycles. The Hall–Kier alpha value is -2.55. The molecule has 2 saturated heterocycles. The predicted octanol–water partition coefficient (Wildman–Crippen LogP) is 2.38. The summed E-state index contributed by atoms with van der Waals surface area (Å²) in [5.41, 5.74) is 1.08. The number of carbonyl (C=O) groups is 4. The maximum Gasteiger partial charge on any atom is 0.325 e. The molecular weight excluding hydrogens is 416 g/mol. The maximum absolute atomic E-state index is 12.8. The average Bonchev–Trinajstić information content (AvgIpc) is 2.99. The van der Waals surface area contributed by atoms with E-state index in [2.05, 4.69) is 10.6 Å². The van der Waals surface area contributed by atoms with Gasteiger partial charge in [-0.3, -0.25) is 19.3 Å². The molecule has 31 heavy (non-hydrogen) atoms. The fraction of sp³-hybridized carbons (Fsp3) is 0.545. The molecule has 1 aromatic rings. The van der Waals surface area contributed by atoms with Crippen LogP contribution in [0.2, 0.25) is 0 Å². The number of hydrogen-bond donors (Lipinski definition) is 2. The Morgan fingerprint density at radius 2 is 1.84 bits per heavy atom.